The van der Waals surface area contributed by atoms with Crippen LogP contribution in [0.4, 0.5) is 5.69 Å². The lowest BCUT2D eigenvalue weighted by Gasteiger charge is -2.27. The Morgan fingerprint density at radius 1 is 0.515 bits per heavy atom. The highest BCUT2D eigenvalue weighted by atomic mass is 32.2. The van der Waals surface area contributed by atoms with E-state index in [4.69, 9.17) is 0 Å². The molecule has 5 aromatic rings. The van der Waals surface area contributed by atoms with Crippen molar-refractivity contribution in [3.05, 3.63) is 174 Å². The lowest BCUT2D eigenvalue weighted by atomic mass is 9.99. The molecule has 0 saturated carbocycles. The smallest absolute Gasteiger partial charge is 0.326 e. The Balaban J connectivity index is 1.20. The molecule has 0 aromatic heterocycles. The standard InChI is InChI=1S/C53H56N6O8S/c1-35(49(62)59-46(53(66)67)33-37-17-8-3-9-18-37)54-50(63)43(31-36-15-6-2-7-16-36)57-51(64)44(32-38-24-26-40(27-25-38)39-19-10-4-11-20-39)58-52(65)45(34-42-23-14-30-68-42)56-48(61)29-28-47(60)55-41-21-12-5-13-22-41/h2-22,24-27,30,35,42-46H,23,28-29,31-34H2,1H3,(H,54,63)(H,55,60)(H,56,61)(H,57,64)(H,58,65)(H,59,62)(H,66,67)/t35-,42?,43+,44-,45+,46+/m0/s1. The van der Waals surface area contributed by atoms with Gasteiger partial charge in [0.25, 0.3) is 0 Å². The second kappa shape index (κ2) is 25.4. The maximum absolute atomic E-state index is 14.6. The predicted molar refractivity (Wildman–Crippen MR) is 263 cm³/mol. The molecule has 0 radical (unpaired) electrons. The number of amides is 6. The molecule has 0 fully saturated rings. The van der Waals surface area contributed by atoms with Crippen LogP contribution in [0.15, 0.2) is 157 Å². The molecule has 15 heteroatoms. The fourth-order valence-electron chi connectivity index (χ4n) is 7.55. The summed E-state index contributed by atoms with van der Waals surface area (Å²) in [7, 11) is 0. The molecule has 0 aliphatic carbocycles. The SMILES string of the molecule is C[C@H](NC(=O)[C@@H](Cc1ccccc1)NC(=O)[C@H](Cc1ccc(-c2ccccc2)cc1)NC(=O)[C@@H](CC1CC=CS1)NC(=O)CCC(=O)Nc1ccccc1)C(=O)N[C@H](Cc1ccccc1)C(=O)O. The number of para-hydroxylation sites is 1. The van der Waals surface area contributed by atoms with E-state index < -0.39 is 65.7 Å². The summed E-state index contributed by atoms with van der Waals surface area (Å²) < 4.78 is 0. The van der Waals surface area contributed by atoms with Crippen molar-refractivity contribution in [2.24, 2.45) is 0 Å². The molecule has 1 heterocycles. The zero-order chi connectivity index (χ0) is 48.3. The first-order chi connectivity index (χ1) is 32.9. The molecule has 1 aliphatic heterocycles. The zero-order valence-electron chi connectivity index (χ0n) is 37.6. The van der Waals surface area contributed by atoms with Crippen LogP contribution in [-0.4, -0.2) is 82.0 Å². The van der Waals surface area contributed by atoms with Crippen LogP contribution in [-0.2, 0) is 52.8 Å². The number of carbonyl (C=O) groups excluding carboxylic acids is 6. The van der Waals surface area contributed by atoms with Crippen molar-refractivity contribution in [3.8, 4) is 11.1 Å². The van der Waals surface area contributed by atoms with E-state index in [1.165, 1.54) is 18.7 Å². The number of thioether (sulfide) groups is 1. The summed E-state index contributed by atoms with van der Waals surface area (Å²) in [5, 5.41) is 28.2. The number of allylic oxidation sites excluding steroid dienone is 1. The number of carbonyl (C=O) groups is 7. The Bertz CT molecular complexity index is 2500. The number of nitrogens with one attached hydrogen (secondary N) is 6. The fraction of sp³-hybridized carbons (Fsp3) is 0.264. The Hall–Kier alpha value is -7.52. The summed E-state index contributed by atoms with van der Waals surface area (Å²) in [6, 6.07) is 37.8. The van der Waals surface area contributed by atoms with Gasteiger partial charge in [0.1, 0.15) is 30.2 Å². The molecule has 6 rings (SSSR count). The minimum absolute atomic E-state index is 0.00315. The lowest BCUT2D eigenvalue weighted by molar-refractivity contribution is -0.142. The van der Waals surface area contributed by atoms with Gasteiger partial charge in [-0.2, -0.15) is 0 Å². The van der Waals surface area contributed by atoms with Gasteiger partial charge in [-0.05, 0) is 65.1 Å². The van der Waals surface area contributed by atoms with Crippen molar-refractivity contribution in [3.63, 3.8) is 0 Å². The Kier molecular flexibility index (Phi) is 18.6. The summed E-state index contributed by atoms with van der Waals surface area (Å²) in [4.78, 5) is 94.7. The number of aliphatic carboxylic acids is 1. The zero-order valence-corrected chi connectivity index (χ0v) is 38.5. The Morgan fingerprint density at radius 3 is 1.51 bits per heavy atom. The van der Waals surface area contributed by atoms with Crippen LogP contribution >= 0.6 is 11.8 Å². The molecule has 352 valence electrons. The van der Waals surface area contributed by atoms with Gasteiger partial charge in [0.05, 0.1) is 0 Å². The van der Waals surface area contributed by atoms with Crippen molar-refractivity contribution >= 4 is 58.9 Å². The molecule has 1 unspecified atom stereocenters. The molecule has 6 atom stereocenters. The van der Waals surface area contributed by atoms with E-state index in [0.717, 1.165) is 11.1 Å². The van der Waals surface area contributed by atoms with Gasteiger partial charge in [-0.25, -0.2) is 4.79 Å². The van der Waals surface area contributed by atoms with Crippen LogP contribution in [0.5, 0.6) is 0 Å². The first-order valence-electron chi connectivity index (χ1n) is 22.5. The minimum atomic E-state index is -1.27. The molecular weight excluding hydrogens is 881 g/mol. The molecular formula is C53H56N6O8S. The number of anilines is 1. The van der Waals surface area contributed by atoms with E-state index >= 15 is 0 Å². The van der Waals surface area contributed by atoms with Gasteiger partial charge in [-0.1, -0.05) is 140 Å². The van der Waals surface area contributed by atoms with Crippen LogP contribution in [0.3, 0.4) is 0 Å². The third kappa shape index (κ3) is 15.8. The Labute approximate surface area is 400 Å². The number of rotatable bonds is 23. The lowest BCUT2D eigenvalue weighted by Crippen LogP contribution is -2.59. The van der Waals surface area contributed by atoms with Crippen LogP contribution < -0.4 is 31.9 Å². The summed E-state index contributed by atoms with van der Waals surface area (Å²) in [5.74, 6) is -4.92. The number of benzene rings is 5. The fourth-order valence-corrected chi connectivity index (χ4v) is 8.52. The molecule has 68 heavy (non-hydrogen) atoms. The van der Waals surface area contributed by atoms with Gasteiger partial charge in [-0.15, -0.1) is 11.8 Å². The largest absolute Gasteiger partial charge is 0.480 e. The maximum Gasteiger partial charge on any atom is 0.326 e. The van der Waals surface area contributed by atoms with Gasteiger partial charge in [0.2, 0.25) is 35.4 Å². The number of carboxylic acids is 1. The van der Waals surface area contributed by atoms with E-state index in [2.05, 4.69) is 31.9 Å². The number of hydrogen-bond donors (Lipinski definition) is 7. The van der Waals surface area contributed by atoms with E-state index in [0.29, 0.717) is 28.8 Å². The topological polar surface area (TPSA) is 212 Å². The summed E-state index contributed by atoms with van der Waals surface area (Å²) in [6.07, 6.45) is 2.59. The average molecular weight is 937 g/mol. The van der Waals surface area contributed by atoms with Gasteiger partial charge < -0.3 is 37.0 Å². The molecule has 0 saturated heterocycles. The van der Waals surface area contributed by atoms with Crippen molar-refractivity contribution in [1.29, 1.82) is 0 Å². The molecule has 7 N–H and O–H groups in total. The molecule has 14 nitrogen and oxygen atoms in total. The second-order valence-corrected chi connectivity index (χ2v) is 17.7. The van der Waals surface area contributed by atoms with Crippen LogP contribution in [0, 0.1) is 0 Å². The predicted octanol–water partition coefficient (Wildman–Crippen LogP) is 5.74. The van der Waals surface area contributed by atoms with Crippen molar-refractivity contribution < 1.29 is 38.7 Å². The van der Waals surface area contributed by atoms with Gasteiger partial charge in [0.15, 0.2) is 0 Å². The number of carboxylic acid groups (broad SMARTS) is 1. The maximum atomic E-state index is 14.6. The molecule has 0 spiro atoms. The van der Waals surface area contributed by atoms with Gasteiger partial charge in [-0.3, -0.25) is 28.8 Å². The van der Waals surface area contributed by atoms with Crippen molar-refractivity contribution in [2.45, 2.75) is 87.3 Å². The Morgan fingerprint density at radius 2 is 0.971 bits per heavy atom. The quantitative estimate of drug-likeness (QED) is 0.0425. The number of hydrogen-bond acceptors (Lipinski definition) is 8. The van der Waals surface area contributed by atoms with Gasteiger partial charge in [0, 0.05) is 43.0 Å². The molecule has 1 aliphatic rings. The van der Waals surface area contributed by atoms with Crippen molar-refractivity contribution in [2.75, 3.05) is 5.32 Å². The first kappa shape index (κ1) is 49.9. The molecule has 0 bridgehead atoms. The monoisotopic (exact) mass is 936 g/mol. The van der Waals surface area contributed by atoms with E-state index in [1.54, 1.807) is 84.9 Å². The van der Waals surface area contributed by atoms with Crippen LogP contribution in [0.25, 0.3) is 11.1 Å². The van der Waals surface area contributed by atoms with Crippen molar-refractivity contribution in [1.82, 2.24) is 26.6 Å². The third-order valence-corrected chi connectivity index (χ3v) is 12.4. The second-order valence-electron chi connectivity index (χ2n) is 16.5. The van der Waals surface area contributed by atoms with E-state index in [-0.39, 0.29) is 49.7 Å². The van der Waals surface area contributed by atoms with Crippen LogP contribution in [0.1, 0.15) is 49.3 Å². The van der Waals surface area contributed by atoms with E-state index in [1.807, 2.05) is 72.1 Å². The summed E-state index contributed by atoms with van der Waals surface area (Å²) in [5.41, 5.74) is 4.61. The normalized spacial score (nSPS) is 15.0. The highest BCUT2D eigenvalue weighted by Gasteiger charge is 2.33. The summed E-state index contributed by atoms with van der Waals surface area (Å²) in [6.45, 7) is 1.42. The minimum Gasteiger partial charge on any atom is -0.480 e. The van der Waals surface area contributed by atoms with E-state index in [9.17, 15) is 38.7 Å². The summed E-state index contributed by atoms with van der Waals surface area (Å²) >= 11 is 1.53. The van der Waals surface area contributed by atoms with Crippen LogP contribution in [0.2, 0.25) is 0 Å². The molecule has 5 aromatic carbocycles. The van der Waals surface area contributed by atoms with Gasteiger partial charge >= 0.3 is 5.97 Å². The third-order valence-electron chi connectivity index (χ3n) is 11.3. The first-order valence-corrected chi connectivity index (χ1v) is 23.5. The molecule has 6 amide bonds. The highest BCUT2D eigenvalue weighted by Crippen LogP contribution is 2.28. The highest BCUT2D eigenvalue weighted by molar-refractivity contribution is 8.03. The average Bonchev–Trinajstić information content (AvgIpc) is 3.87.